The number of ether oxygens (including phenoxy) is 1. The number of alkyl carbamates (subject to hydrolysis) is 1. The molecule has 6 rings (SSSR count). The van der Waals surface area contributed by atoms with Gasteiger partial charge in [0.2, 0.25) is 0 Å². The summed E-state index contributed by atoms with van der Waals surface area (Å²) >= 11 is 0. The molecule has 3 fully saturated rings. The van der Waals surface area contributed by atoms with Gasteiger partial charge in [-0.05, 0) is 83.3 Å². The highest BCUT2D eigenvalue weighted by Crippen LogP contribution is 2.44. The predicted molar refractivity (Wildman–Crippen MR) is 138 cm³/mol. The molecular weight excluding hydrogens is 420 g/mol. The number of piperidine rings is 3. The van der Waals surface area contributed by atoms with Crippen molar-refractivity contribution in [1.82, 2.24) is 10.2 Å². The number of nitrogens with one attached hydrogen (secondary N) is 1. The van der Waals surface area contributed by atoms with Crippen LogP contribution in [-0.2, 0) is 16.6 Å². The van der Waals surface area contributed by atoms with Gasteiger partial charge in [-0.1, -0.05) is 77.1 Å². The topological polar surface area (TPSA) is 41.6 Å². The fraction of sp³-hybridized carbons (Fsp3) is 0.567. The lowest BCUT2D eigenvalue weighted by molar-refractivity contribution is -0.0353. The quantitative estimate of drug-likeness (QED) is 0.570. The first kappa shape index (κ1) is 23.4. The Morgan fingerprint density at radius 2 is 1.79 bits per heavy atom. The van der Waals surface area contributed by atoms with Gasteiger partial charge in [0, 0.05) is 6.54 Å². The van der Waals surface area contributed by atoms with Crippen LogP contribution in [-0.4, -0.2) is 36.7 Å². The third kappa shape index (κ3) is 4.62. The molecule has 1 N–H and O–H groups in total. The minimum atomic E-state index is -0.258. The van der Waals surface area contributed by atoms with Crippen LogP contribution in [0.5, 0.6) is 0 Å². The highest BCUT2D eigenvalue weighted by Gasteiger charge is 2.40. The van der Waals surface area contributed by atoms with Gasteiger partial charge in [0.05, 0.1) is 6.04 Å². The lowest BCUT2D eigenvalue weighted by atomic mass is 9.70. The lowest BCUT2D eigenvalue weighted by Gasteiger charge is -2.44. The van der Waals surface area contributed by atoms with Crippen molar-refractivity contribution in [3.63, 3.8) is 0 Å². The van der Waals surface area contributed by atoms with E-state index in [1.54, 1.807) is 0 Å². The molecule has 2 bridgehead atoms. The average Bonchev–Trinajstić information content (AvgIpc) is 2.81. The van der Waals surface area contributed by atoms with Gasteiger partial charge in [-0.3, -0.25) is 4.90 Å². The summed E-state index contributed by atoms with van der Waals surface area (Å²) in [5.41, 5.74) is 6.53. The Bertz CT molecular complexity index is 1060. The summed E-state index contributed by atoms with van der Waals surface area (Å²) in [4.78, 5) is 15.4. The number of rotatable bonds is 3. The summed E-state index contributed by atoms with van der Waals surface area (Å²) in [6.45, 7) is 14.5. The normalized spacial score (nSPS) is 27.7. The van der Waals surface area contributed by atoms with Crippen molar-refractivity contribution in [3.8, 4) is 11.1 Å². The Hall–Kier alpha value is -2.33. The third-order valence-electron chi connectivity index (χ3n) is 8.45. The number of carbonyl (C=O) groups excluding carboxylic acids is 1. The Balaban J connectivity index is 1.36. The molecule has 1 amide bonds. The van der Waals surface area contributed by atoms with Crippen LogP contribution in [0.15, 0.2) is 42.5 Å². The van der Waals surface area contributed by atoms with Crippen LogP contribution >= 0.6 is 0 Å². The summed E-state index contributed by atoms with van der Waals surface area (Å²) in [5, 5.41) is 3.28. The summed E-state index contributed by atoms with van der Waals surface area (Å²) in [5.74, 6) is 0.522. The fourth-order valence-electron chi connectivity index (χ4n) is 6.08. The Labute approximate surface area is 205 Å². The van der Waals surface area contributed by atoms with Crippen LogP contribution in [0, 0.1) is 11.3 Å². The van der Waals surface area contributed by atoms with Crippen LogP contribution in [0.3, 0.4) is 0 Å². The number of carbonyl (C=O) groups is 1. The molecule has 2 aromatic rings. The molecule has 4 nitrogen and oxygen atoms in total. The first-order chi connectivity index (χ1) is 16.1. The SMILES string of the molecule is CC(C)(C)c1cccc(-c2ccc3c(c2)CCC(C)(C)C3NC(=O)O[C@@H]2CN3CCC2CC3)c1. The molecule has 2 atom stereocenters. The van der Waals surface area contributed by atoms with E-state index < -0.39 is 0 Å². The first-order valence-corrected chi connectivity index (χ1v) is 13.0. The fourth-order valence-corrected chi connectivity index (χ4v) is 6.08. The van der Waals surface area contributed by atoms with E-state index in [-0.39, 0.29) is 29.1 Å². The summed E-state index contributed by atoms with van der Waals surface area (Å²) < 4.78 is 5.98. The Morgan fingerprint density at radius 3 is 2.47 bits per heavy atom. The number of aryl methyl sites for hydroxylation is 1. The summed E-state index contributed by atoms with van der Waals surface area (Å²) in [6, 6.07) is 15.6. The Morgan fingerprint density at radius 1 is 1.06 bits per heavy atom. The zero-order valence-corrected chi connectivity index (χ0v) is 21.5. The second kappa shape index (κ2) is 8.71. The molecular formula is C30H40N2O2. The molecule has 3 aliphatic heterocycles. The van der Waals surface area contributed by atoms with E-state index in [0.717, 1.165) is 45.3 Å². The highest BCUT2D eigenvalue weighted by atomic mass is 16.6. The summed E-state index contributed by atoms with van der Waals surface area (Å²) in [6.07, 6.45) is 4.14. The van der Waals surface area contributed by atoms with E-state index in [1.165, 1.54) is 27.8 Å². The van der Waals surface area contributed by atoms with Crippen LogP contribution < -0.4 is 5.32 Å². The van der Waals surface area contributed by atoms with Gasteiger partial charge in [0.1, 0.15) is 6.10 Å². The van der Waals surface area contributed by atoms with Crippen molar-refractivity contribution >= 4 is 6.09 Å². The second-order valence-corrected chi connectivity index (χ2v) is 12.4. The number of nitrogens with zero attached hydrogens (tertiary/aromatic N) is 1. The van der Waals surface area contributed by atoms with Gasteiger partial charge in [-0.25, -0.2) is 4.79 Å². The average molecular weight is 461 g/mol. The Kier molecular flexibility index (Phi) is 6.00. The number of fused-ring (bicyclic) bond motifs is 4. The lowest BCUT2D eigenvalue weighted by Crippen LogP contribution is -2.53. The van der Waals surface area contributed by atoms with Crippen molar-refractivity contribution in [2.24, 2.45) is 11.3 Å². The molecule has 4 heteroatoms. The predicted octanol–water partition coefficient (Wildman–Crippen LogP) is 6.49. The number of amides is 1. The number of hydrogen-bond donors (Lipinski definition) is 1. The smallest absolute Gasteiger partial charge is 0.407 e. The van der Waals surface area contributed by atoms with Gasteiger partial charge in [-0.15, -0.1) is 0 Å². The van der Waals surface area contributed by atoms with Crippen LogP contribution in [0.1, 0.15) is 76.6 Å². The molecule has 0 radical (unpaired) electrons. The largest absolute Gasteiger partial charge is 0.445 e. The van der Waals surface area contributed by atoms with Crippen molar-refractivity contribution < 1.29 is 9.53 Å². The summed E-state index contributed by atoms with van der Waals surface area (Å²) in [7, 11) is 0. The number of benzene rings is 2. The van der Waals surface area contributed by atoms with E-state index >= 15 is 0 Å². The van der Waals surface area contributed by atoms with Crippen LogP contribution in [0.4, 0.5) is 4.79 Å². The van der Waals surface area contributed by atoms with Crippen LogP contribution in [0.25, 0.3) is 11.1 Å². The highest BCUT2D eigenvalue weighted by molar-refractivity contribution is 5.70. The molecule has 3 heterocycles. The van der Waals surface area contributed by atoms with Gasteiger partial charge >= 0.3 is 6.09 Å². The molecule has 4 aliphatic rings. The molecule has 3 saturated heterocycles. The zero-order valence-electron chi connectivity index (χ0n) is 21.5. The molecule has 2 aromatic carbocycles. The second-order valence-electron chi connectivity index (χ2n) is 12.4. The first-order valence-electron chi connectivity index (χ1n) is 13.0. The van der Waals surface area contributed by atoms with E-state index in [9.17, 15) is 4.79 Å². The monoisotopic (exact) mass is 460 g/mol. The standard InChI is InChI=1S/C30H40N2O2/c1-29(2,3)24-8-6-7-21(18-24)22-9-10-25-23(17-22)11-14-30(4,5)27(25)31-28(33)34-26-19-32-15-12-20(26)13-16-32/h6-10,17-18,20,26-27H,11-16,19H2,1-5H3,(H,31,33)/t26-,27?/m1/s1. The molecule has 0 aromatic heterocycles. The van der Waals surface area contributed by atoms with E-state index in [4.69, 9.17) is 4.74 Å². The van der Waals surface area contributed by atoms with Crippen LogP contribution in [0.2, 0.25) is 0 Å². The van der Waals surface area contributed by atoms with Gasteiger partial charge in [0.15, 0.2) is 0 Å². The van der Waals surface area contributed by atoms with Crippen molar-refractivity contribution in [2.75, 3.05) is 19.6 Å². The number of hydrogen-bond acceptors (Lipinski definition) is 3. The van der Waals surface area contributed by atoms with E-state index in [2.05, 4.69) is 87.3 Å². The van der Waals surface area contributed by atoms with Crippen molar-refractivity contribution in [2.45, 2.75) is 77.9 Å². The molecule has 1 unspecified atom stereocenters. The van der Waals surface area contributed by atoms with Gasteiger partial charge in [-0.2, -0.15) is 0 Å². The molecule has 0 saturated carbocycles. The molecule has 0 spiro atoms. The van der Waals surface area contributed by atoms with E-state index in [0.29, 0.717) is 5.92 Å². The van der Waals surface area contributed by atoms with Gasteiger partial charge < -0.3 is 10.1 Å². The maximum Gasteiger partial charge on any atom is 0.407 e. The molecule has 1 aliphatic carbocycles. The molecule has 34 heavy (non-hydrogen) atoms. The minimum Gasteiger partial charge on any atom is -0.445 e. The van der Waals surface area contributed by atoms with E-state index in [1.807, 2.05) is 0 Å². The minimum absolute atomic E-state index is 0.0191. The zero-order chi connectivity index (χ0) is 24.1. The third-order valence-corrected chi connectivity index (χ3v) is 8.45. The van der Waals surface area contributed by atoms with Gasteiger partial charge in [0.25, 0.3) is 0 Å². The maximum absolute atomic E-state index is 13.0. The maximum atomic E-state index is 13.0. The van der Waals surface area contributed by atoms with Crippen molar-refractivity contribution in [1.29, 1.82) is 0 Å². The molecule has 182 valence electrons. The van der Waals surface area contributed by atoms with Crippen molar-refractivity contribution in [3.05, 3.63) is 59.2 Å².